The summed E-state index contributed by atoms with van der Waals surface area (Å²) in [5, 5.41) is 4.47. The van der Waals surface area contributed by atoms with Crippen molar-refractivity contribution in [1.29, 1.82) is 0 Å². The van der Waals surface area contributed by atoms with Crippen LogP contribution in [0.4, 0.5) is 0 Å². The number of likely N-dealkylation sites (tertiary alicyclic amines) is 1. The molecule has 0 spiro atoms. The molecule has 0 bridgehead atoms. The Morgan fingerprint density at radius 1 is 1.09 bits per heavy atom. The van der Waals surface area contributed by atoms with Gasteiger partial charge in [-0.1, -0.05) is 53.5 Å². The molecule has 0 radical (unpaired) electrons. The minimum absolute atomic E-state index is 0.0199. The number of aromatic nitrogens is 2. The number of hydrogen-bond acceptors (Lipinski definition) is 3. The van der Waals surface area contributed by atoms with Gasteiger partial charge >= 0.3 is 0 Å². The fourth-order valence-electron chi connectivity index (χ4n) is 4.18. The lowest BCUT2D eigenvalue weighted by Crippen LogP contribution is -2.42. The topological polar surface area (TPSA) is 50.2 Å². The molecule has 0 saturated carbocycles. The zero-order chi connectivity index (χ0) is 22.5. The summed E-state index contributed by atoms with van der Waals surface area (Å²) in [5.74, 6) is 1.09. The van der Waals surface area contributed by atoms with Crippen molar-refractivity contribution in [2.24, 2.45) is 5.92 Å². The SMILES string of the molecule is Cc1nccn1Cc1ccc(CNC(=O)C2CCCN(Cc3c(Cl)cccc3Cl)C2)cc1. The van der Waals surface area contributed by atoms with Crippen molar-refractivity contribution in [3.05, 3.63) is 87.4 Å². The second-order valence-corrected chi connectivity index (χ2v) is 9.23. The highest BCUT2D eigenvalue weighted by atomic mass is 35.5. The van der Waals surface area contributed by atoms with Gasteiger partial charge in [-0.05, 0) is 49.6 Å². The predicted molar refractivity (Wildman–Crippen MR) is 129 cm³/mol. The number of benzene rings is 2. The molecule has 32 heavy (non-hydrogen) atoms. The van der Waals surface area contributed by atoms with Crippen molar-refractivity contribution in [3.63, 3.8) is 0 Å². The molecular formula is C25H28Cl2N4O. The Hall–Kier alpha value is -2.34. The van der Waals surface area contributed by atoms with Crippen molar-refractivity contribution < 1.29 is 4.79 Å². The van der Waals surface area contributed by atoms with Crippen LogP contribution in [-0.2, 0) is 24.4 Å². The number of carbonyl (C=O) groups excluding carboxylic acids is 1. The highest BCUT2D eigenvalue weighted by Gasteiger charge is 2.26. The molecular weight excluding hydrogens is 443 g/mol. The van der Waals surface area contributed by atoms with Gasteiger partial charge in [-0.2, -0.15) is 0 Å². The number of halogens is 2. The van der Waals surface area contributed by atoms with E-state index < -0.39 is 0 Å². The summed E-state index contributed by atoms with van der Waals surface area (Å²) in [5.41, 5.74) is 3.24. The molecule has 4 rings (SSSR count). The monoisotopic (exact) mass is 470 g/mol. The van der Waals surface area contributed by atoms with Crippen LogP contribution in [0.5, 0.6) is 0 Å². The highest BCUT2D eigenvalue weighted by molar-refractivity contribution is 6.35. The van der Waals surface area contributed by atoms with Crippen LogP contribution in [0.1, 0.15) is 35.4 Å². The zero-order valence-electron chi connectivity index (χ0n) is 18.2. The minimum Gasteiger partial charge on any atom is -0.352 e. The molecule has 1 N–H and O–H groups in total. The number of nitrogens with zero attached hydrogens (tertiary/aromatic N) is 3. The summed E-state index contributed by atoms with van der Waals surface area (Å²) in [7, 11) is 0. The minimum atomic E-state index is -0.0199. The molecule has 3 aromatic rings. The van der Waals surface area contributed by atoms with Gasteiger partial charge in [0.1, 0.15) is 5.82 Å². The molecule has 1 atom stereocenters. The van der Waals surface area contributed by atoms with Crippen LogP contribution in [0.2, 0.25) is 10.0 Å². The third kappa shape index (κ3) is 5.71. The number of imidazole rings is 1. The maximum atomic E-state index is 12.8. The number of nitrogens with one attached hydrogen (secondary N) is 1. The van der Waals surface area contributed by atoms with Gasteiger partial charge < -0.3 is 9.88 Å². The molecule has 1 unspecified atom stereocenters. The number of aryl methyl sites for hydroxylation is 1. The summed E-state index contributed by atoms with van der Waals surface area (Å²) in [4.78, 5) is 19.4. The molecule has 1 aliphatic rings. The Bertz CT molecular complexity index is 1040. The molecule has 5 nitrogen and oxygen atoms in total. The van der Waals surface area contributed by atoms with Crippen molar-refractivity contribution >= 4 is 29.1 Å². The van der Waals surface area contributed by atoms with Crippen LogP contribution < -0.4 is 5.32 Å². The van der Waals surface area contributed by atoms with E-state index >= 15 is 0 Å². The fraction of sp³-hybridized carbons (Fsp3) is 0.360. The first-order valence-electron chi connectivity index (χ1n) is 11.0. The lowest BCUT2D eigenvalue weighted by atomic mass is 9.96. The second kappa shape index (κ2) is 10.5. The standard InChI is InChI=1S/C25H28Cl2N4O/c1-18-28-11-13-31(18)15-20-9-7-19(8-10-20)14-29-25(32)21-4-3-12-30(16-21)17-22-23(26)5-2-6-24(22)27/h2,5-11,13,21H,3-4,12,14-17H2,1H3,(H,29,32). The zero-order valence-corrected chi connectivity index (χ0v) is 19.7. The fourth-order valence-corrected chi connectivity index (χ4v) is 4.70. The number of rotatable bonds is 7. The van der Waals surface area contributed by atoms with Gasteiger partial charge in [0.05, 0.1) is 5.92 Å². The smallest absolute Gasteiger partial charge is 0.224 e. The lowest BCUT2D eigenvalue weighted by molar-refractivity contribution is -0.126. The quantitative estimate of drug-likeness (QED) is 0.523. The number of hydrogen-bond donors (Lipinski definition) is 1. The molecule has 1 fully saturated rings. The highest BCUT2D eigenvalue weighted by Crippen LogP contribution is 2.27. The summed E-state index contributed by atoms with van der Waals surface area (Å²) < 4.78 is 2.11. The first-order valence-corrected chi connectivity index (χ1v) is 11.7. The van der Waals surface area contributed by atoms with Gasteiger partial charge in [0.2, 0.25) is 5.91 Å². The lowest BCUT2D eigenvalue weighted by Gasteiger charge is -2.32. The Labute approximate surface area is 199 Å². The van der Waals surface area contributed by atoms with Gasteiger partial charge in [-0.15, -0.1) is 0 Å². The van der Waals surface area contributed by atoms with Gasteiger partial charge in [0.15, 0.2) is 0 Å². The van der Waals surface area contributed by atoms with E-state index in [0.717, 1.165) is 49.4 Å². The average Bonchev–Trinajstić information content (AvgIpc) is 3.20. The Kier molecular flexibility index (Phi) is 7.51. The molecule has 0 aliphatic carbocycles. The Balaban J connectivity index is 1.28. The van der Waals surface area contributed by atoms with E-state index in [-0.39, 0.29) is 11.8 Å². The summed E-state index contributed by atoms with van der Waals surface area (Å²) in [6, 6.07) is 13.9. The van der Waals surface area contributed by atoms with E-state index in [2.05, 4.69) is 44.0 Å². The Morgan fingerprint density at radius 3 is 2.50 bits per heavy atom. The van der Waals surface area contributed by atoms with Crippen molar-refractivity contribution in [2.45, 2.75) is 39.4 Å². The van der Waals surface area contributed by atoms with Crippen molar-refractivity contribution in [1.82, 2.24) is 19.8 Å². The molecule has 2 aromatic carbocycles. The third-order valence-corrected chi connectivity index (χ3v) is 6.79. The van der Waals surface area contributed by atoms with Crippen LogP contribution in [0, 0.1) is 12.8 Å². The summed E-state index contributed by atoms with van der Waals surface area (Å²) in [6.07, 6.45) is 5.69. The van der Waals surface area contributed by atoms with E-state index in [4.69, 9.17) is 23.2 Å². The normalized spacial score (nSPS) is 16.8. The molecule has 1 aromatic heterocycles. The maximum Gasteiger partial charge on any atom is 0.224 e. The van der Waals surface area contributed by atoms with Gasteiger partial charge in [-0.25, -0.2) is 4.98 Å². The molecule has 7 heteroatoms. The molecule has 2 heterocycles. The molecule has 1 aliphatic heterocycles. The maximum absolute atomic E-state index is 12.8. The van der Waals surface area contributed by atoms with Crippen LogP contribution >= 0.6 is 23.2 Å². The largest absolute Gasteiger partial charge is 0.352 e. The van der Waals surface area contributed by atoms with Gasteiger partial charge in [0, 0.05) is 54.2 Å². The average molecular weight is 471 g/mol. The molecule has 1 amide bonds. The van der Waals surface area contributed by atoms with Crippen LogP contribution in [-0.4, -0.2) is 33.4 Å². The van der Waals surface area contributed by atoms with E-state index in [9.17, 15) is 4.79 Å². The third-order valence-electron chi connectivity index (χ3n) is 6.09. The van der Waals surface area contributed by atoms with Crippen molar-refractivity contribution in [2.75, 3.05) is 13.1 Å². The van der Waals surface area contributed by atoms with E-state index in [1.54, 1.807) is 0 Å². The van der Waals surface area contributed by atoms with E-state index in [1.807, 2.05) is 37.5 Å². The molecule has 1 saturated heterocycles. The summed E-state index contributed by atoms with van der Waals surface area (Å²) >= 11 is 12.7. The van der Waals surface area contributed by atoms with E-state index in [1.165, 1.54) is 5.56 Å². The Morgan fingerprint density at radius 2 is 1.81 bits per heavy atom. The van der Waals surface area contributed by atoms with Crippen LogP contribution in [0.3, 0.4) is 0 Å². The first-order chi connectivity index (χ1) is 15.5. The van der Waals surface area contributed by atoms with E-state index in [0.29, 0.717) is 23.1 Å². The number of piperidine rings is 1. The van der Waals surface area contributed by atoms with Gasteiger partial charge in [-0.3, -0.25) is 9.69 Å². The molecule has 168 valence electrons. The van der Waals surface area contributed by atoms with Crippen LogP contribution in [0.15, 0.2) is 54.9 Å². The summed E-state index contributed by atoms with van der Waals surface area (Å²) in [6.45, 7) is 5.67. The predicted octanol–water partition coefficient (Wildman–Crippen LogP) is 5.08. The number of amides is 1. The first kappa shape index (κ1) is 22.8. The number of carbonyl (C=O) groups is 1. The van der Waals surface area contributed by atoms with Crippen molar-refractivity contribution in [3.8, 4) is 0 Å². The van der Waals surface area contributed by atoms with Gasteiger partial charge in [0.25, 0.3) is 0 Å². The second-order valence-electron chi connectivity index (χ2n) is 8.41. The van der Waals surface area contributed by atoms with Crippen LogP contribution in [0.25, 0.3) is 0 Å².